The molecule has 2 aromatic heterocycles. The van der Waals surface area contributed by atoms with E-state index >= 15 is 0 Å². The number of anilines is 1. The predicted molar refractivity (Wildman–Crippen MR) is 107 cm³/mol. The minimum atomic E-state index is -1.01. The van der Waals surface area contributed by atoms with Gasteiger partial charge in [0.2, 0.25) is 0 Å². The Morgan fingerprint density at radius 2 is 1.78 bits per heavy atom. The molecule has 2 heterocycles. The third-order valence-electron chi connectivity index (χ3n) is 3.60. The lowest BCUT2D eigenvalue weighted by Gasteiger charge is -2.14. The topological polar surface area (TPSA) is 55.4 Å². The van der Waals surface area contributed by atoms with Crippen LogP contribution in [0.4, 0.5) is 10.1 Å². The molecule has 3 aromatic rings. The van der Waals surface area contributed by atoms with Crippen LogP contribution < -0.4 is 5.32 Å². The van der Waals surface area contributed by atoms with Gasteiger partial charge < -0.3 is 10.1 Å². The van der Waals surface area contributed by atoms with Crippen molar-refractivity contribution in [1.82, 2.24) is 0 Å². The van der Waals surface area contributed by atoms with Gasteiger partial charge in [-0.1, -0.05) is 12.1 Å². The second-order valence-corrected chi connectivity index (χ2v) is 7.52. The fourth-order valence-corrected chi connectivity index (χ4v) is 3.62. The van der Waals surface area contributed by atoms with Gasteiger partial charge in [0.1, 0.15) is 5.82 Å². The highest BCUT2D eigenvalue weighted by Gasteiger charge is 2.22. The normalized spacial score (nSPS) is 12.4. The van der Waals surface area contributed by atoms with E-state index in [1.54, 1.807) is 6.08 Å². The van der Waals surface area contributed by atoms with E-state index in [0.29, 0.717) is 11.3 Å². The molecule has 0 bridgehead atoms. The van der Waals surface area contributed by atoms with E-state index in [2.05, 4.69) is 5.32 Å². The minimum absolute atomic E-state index is 0.397. The van der Waals surface area contributed by atoms with Crippen LogP contribution in [0.1, 0.15) is 16.7 Å². The van der Waals surface area contributed by atoms with Gasteiger partial charge in [0, 0.05) is 15.4 Å². The number of hydrogen-bond acceptors (Lipinski definition) is 5. The Kier molecular flexibility index (Phi) is 6.16. The fourth-order valence-electron chi connectivity index (χ4n) is 2.23. The molecule has 1 atom stereocenters. The first-order valence-corrected chi connectivity index (χ1v) is 9.85. The Labute approximate surface area is 163 Å². The maximum Gasteiger partial charge on any atom is 0.340 e. The smallest absolute Gasteiger partial charge is 0.340 e. The molecule has 0 aliphatic carbocycles. The summed E-state index contributed by atoms with van der Waals surface area (Å²) >= 11 is 2.92. The van der Waals surface area contributed by atoms with Crippen molar-refractivity contribution in [1.29, 1.82) is 0 Å². The number of thiophene rings is 2. The standard InChI is InChI=1S/C20H16FNO3S2/c1-13(19(23)22-15-8-6-14(21)7-9-15)25-20(24)17(18-5-3-11-27-18)12-16-4-2-10-26-16/h2-13H,1H3,(H,22,23)/b17-12+/t13-/m1/s1. The Morgan fingerprint density at radius 1 is 1.07 bits per heavy atom. The molecule has 0 aliphatic rings. The molecule has 0 saturated heterocycles. The van der Waals surface area contributed by atoms with Crippen LogP contribution in [0.5, 0.6) is 0 Å². The summed E-state index contributed by atoms with van der Waals surface area (Å²) in [7, 11) is 0. The Balaban J connectivity index is 1.71. The summed E-state index contributed by atoms with van der Waals surface area (Å²) in [4.78, 5) is 26.6. The molecule has 1 aromatic carbocycles. The summed E-state index contributed by atoms with van der Waals surface area (Å²) in [5.41, 5.74) is 0.825. The van der Waals surface area contributed by atoms with Crippen molar-refractivity contribution in [2.24, 2.45) is 0 Å². The van der Waals surface area contributed by atoms with Gasteiger partial charge in [0.15, 0.2) is 6.10 Å². The van der Waals surface area contributed by atoms with Crippen LogP contribution in [0.3, 0.4) is 0 Å². The van der Waals surface area contributed by atoms with Crippen molar-refractivity contribution in [3.63, 3.8) is 0 Å². The maximum atomic E-state index is 12.9. The van der Waals surface area contributed by atoms with Crippen molar-refractivity contribution < 1.29 is 18.7 Å². The summed E-state index contributed by atoms with van der Waals surface area (Å²) in [6, 6.07) is 12.8. The van der Waals surface area contributed by atoms with Gasteiger partial charge in [-0.2, -0.15) is 0 Å². The quantitative estimate of drug-likeness (QED) is 0.464. The number of esters is 1. The van der Waals surface area contributed by atoms with Gasteiger partial charge in [-0.05, 0) is 60.2 Å². The summed E-state index contributed by atoms with van der Waals surface area (Å²) in [5, 5.41) is 6.39. The fraction of sp³-hybridized carbons (Fsp3) is 0.100. The highest BCUT2D eigenvalue weighted by molar-refractivity contribution is 7.12. The molecule has 0 saturated carbocycles. The van der Waals surface area contributed by atoms with Crippen LogP contribution in [-0.4, -0.2) is 18.0 Å². The third kappa shape index (κ3) is 5.12. The zero-order chi connectivity index (χ0) is 19.2. The molecular weight excluding hydrogens is 385 g/mol. The number of ether oxygens (including phenoxy) is 1. The second kappa shape index (κ2) is 8.75. The van der Waals surface area contributed by atoms with Crippen molar-refractivity contribution >= 4 is 51.9 Å². The van der Waals surface area contributed by atoms with Crippen LogP contribution in [-0.2, 0) is 14.3 Å². The first kappa shape index (κ1) is 19.0. The first-order chi connectivity index (χ1) is 13.0. The molecule has 138 valence electrons. The number of benzene rings is 1. The lowest BCUT2D eigenvalue weighted by atomic mass is 10.2. The maximum absolute atomic E-state index is 12.9. The number of nitrogens with one attached hydrogen (secondary N) is 1. The summed E-state index contributed by atoms with van der Waals surface area (Å²) < 4.78 is 18.3. The third-order valence-corrected chi connectivity index (χ3v) is 5.32. The highest BCUT2D eigenvalue weighted by Crippen LogP contribution is 2.26. The van der Waals surface area contributed by atoms with Gasteiger partial charge in [-0.15, -0.1) is 22.7 Å². The number of amides is 1. The zero-order valence-electron chi connectivity index (χ0n) is 14.3. The zero-order valence-corrected chi connectivity index (χ0v) is 16.0. The molecule has 0 spiro atoms. The number of rotatable bonds is 6. The Hall–Kier alpha value is -2.77. The number of carbonyl (C=O) groups is 2. The molecule has 0 radical (unpaired) electrons. The van der Waals surface area contributed by atoms with Gasteiger partial charge in [0.25, 0.3) is 5.91 Å². The van der Waals surface area contributed by atoms with Gasteiger partial charge >= 0.3 is 5.97 Å². The number of halogens is 1. The summed E-state index contributed by atoms with van der Waals surface area (Å²) in [6.45, 7) is 1.49. The molecule has 7 heteroatoms. The van der Waals surface area contributed by atoms with E-state index in [-0.39, 0.29) is 0 Å². The number of carbonyl (C=O) groups excluding carboxylic acids is 2. The monoisotopic (exact) mass is 401 g/mol. The van der Waals surface area contributed by atoms with Crippen molar-refractivity contribution in [2.75, 3.05) is 5.32 Å². The molecule has 3 rings (SSSR count). The van der Waals surface area contributed by atoms with E-state index in [1.807, 2.05) is 35.0 Å². The van der Waals surface area contributed by atoms with Crippen LogP contribution in [0, 0.1) is 5.82 Å². The van der Waals surface area contributed by atoms with Crippen LogP contribution in [0.25, 0.3) is 11.6 Å². The molecular formula is C20H16FNO3S2. The SMILES string of the molecule is C[C@@H](OC(=O)/C(=C/c1cccs1)c1cccs1)C(=O)Nc1ccc(F)cc1. The Bertz CT molecular complexity index is 932. The Morgan fingerprint density at radius 3 is 2.41 bits per heavy atom. The highest BCUT2D eigenvalue weighted by atomic mass is 32.1. The summed E-state index contributed by atoms with van der Waals surface area (Å²) in [6.07, 6.45) is 0.748. The van der Waals surface area contributed by atoms with Crippen molar-refractivity contribution in [2.45, 2.75) is 13.0 Å². The van der Waals surface area contributed by atoms with E-state index in [4.69, 9.17) is 4.74 Å². The summed E-state index contributed by atoms with van der Waals surface area (Å²) in [5.74, 6) is -1.46. The average molecular weight is 401 g/mol. The molecule has 0 fully saturated rings. The first-order valence-electron chi connectivity index (χ1n) is 8.09. The number of hydrogen-bond donors (Lipinski definition) is 1. The van der Waals surface area contributed by atoms with E-state index in [9.17, 15) is 14.0 Å². The molecule has 4 nitrogen and oxygen atoms in total. The van der Waals surface area contributed by atoms with E-state index in [0.717, 1.165) is 9.75 Å². The molecule has 0 aliphatic heterocycles. The average Bonchev–Trinajstić information content (AvgIpc) is 3.35. The minimum Gasteiger partial charge on any atom is -0.449 e. The van der Waals surface area contributed by atoms with Crippen molar-refractivity contribution in [3.8, 4) is 0 Å². The predicted octanol–water partition coefficient (Wildman–Crippen LogP) is 5.06. The lowest BCUT2D eigenvalue weighted by Crippen LogP contribution is -2.30. The van der Waals surface area contributed by atoms with Gasteiger partial charge in [-0.3, -0.25) is 4.79 Å². The molecule has 27 heavy (non-hydrogen) atoms. The second-order valence-electron chi connectivity index (χ2n) is 5.59. The lowest BCUT2D eigenvalue weighted by molar-refractivity contribution is -0.147. The van der Waals surface area contributed by atoms with Crippen LogP contribution >= 0.6 is 22.7 Å². The molecule has 0 unspecified atom stereocenters. The molecule has 1 N–H and O–H groups in total. The van der Waals surface area contributed by atoms with Crippen molar-refractivity contribution in [3.05, 3.63) is 74.9 Å². The van der Waals surface area contributed by atoms with Crippen LogP contribution in [0.2, 0.25) is 0 Å². The van der Waals surface area contributed by atoms with E-state index < -0.39 is 23.8 Å². The van der Waals surface area contributed by atoms with Crippen LogP contribution in [0.15, 0.2) is 59.3 Å². The molecule has 1 amide bonds. The largest absolute Gasteiger partial charge is 0.449 e. The van der Waals surface area contributed by atoms with E-state index in [1.165, 1.54) is 53.9 Å². The van der Waals surface area contributed by atoms with Gasteiger partial charge in [-0.25, -0.2) is 9.18 Å². The van der Waals surface area contributed by atoms with Gasteiger partial charge in [0.05, 0.1) is 5.57 Å².